The SMILES string of the molecule is CC1(C)CC[C@]2(C(=O)O)CC[C@]3(C)C(=CC[C@@H]4[C@@]5(C)C[C@H](O)[C@H](O[C@H]6O[C@H](CO)[C@@H](O[C@@H]7O[C@H](CO)[C@@H](O)[C@H](O)[C@H]7O)[C@H](O)[C@@H]6O)[C@@](C)(CO)[C@@H]5CC[C@]43C)[C@@H]2C1. The average Bonchev–Trinajstić information content (AvgIpc) is 3.15. The number of carboxylic acids is 1. The van der Waals surface area contributed by atoms with Gasteiger partial charge in [-0.05, 0) is 97.2 Å². The summed E-state index contributed by atoms with van der Waals surface area (Å²) in [5, 5.41) is 108. The fraction of sp³-hybridized carbons (Fsp3) is 0.929. The summed E-state index contributed by atoms with van der Waals surface area (Å²) >= 11 is 0. The Bertz CT molecular complexity index is 1540. The Hall–Kier alpha value is -1.31. The van der Waals surface area contributed by atoms with Crippen LogP contribution in [0.15, 0.2) is 11.6 Å². The summed E-state index contributed by atoms with van der Waals surface area (Å²) in [4.78, 5) is 13.1. The lowest BCUT2D eigenvalue weighted by molar-refractivity contribution is -0.374. The van der Waals surface area contributed by atoms with Crippen molar-refractivity contribution in [1.82, 2.24) is 0 Å². The summed E-state index contributed by atoms with van der Waals surface area (Å²) in [6.45, 7) is 11.5. The largest absolute Gasteiger partial charge is 0.481 e. The first-order chi connectivity index (χ1) is 26.6. The van der Waals surface area contributed by atoms with Crippen molar-refractivity contribution in [3.63, 3.8) is 0 Å². The molecule has 7 aliphatic rings. The van der Waals surface area contributed by atoms with E-state index in [-0.39, 0.29) is 40.6 Å². The smallest absolute Gasteiger partial charge is 0.310 e. The van der Waals surface area contributed by atoms with Crippen LogP contribution < -0.4 is 0 Å². The van der Waals surface area contributed by atoms with Gasteiger partial charge in [0, 0.05) is 5.41 Å². The van der Waals surface area contributed by atoms with Crippen molar-refractivity contribution >= 4 is 5.97 Å². The van der Waals surface area contributed by atoms with Gasteiger partial charge in [-0.1, -0.05) is 53.2 Å². The van der Waals surface area contributed by atoms with E-state index >= 15 is 0 Å². The molecule has 0 aromatic rings. The van der Waals surface area contributed by atoms with Crippen LogP contribution in [-0.4, -0.2) is 150 Å². The second-order valence-corrected chi connectivity index (χ2v) is 20.7. The Labute approximate surface area is 335 Å². The van der Waals surface area contributed by atoms with Crippen LogP contribution in [0.4, 0.5) is 0 Å². The monoisotopic (exact) mass is 812 g/mol. The standard InChI is InChI=1S/C42H68O15/c1-37(2)11-13-42(36(52)53)14-12-40(5)20(21(42)15-37)7-8-26-38(3)16-22(46)33(39(4,19-45)25(38)9-10-41(26,40)6)57-35-31(51)29(49)32(24(18-44)55-35)56-34-30(50)28(48)27(47)23(17-43)54-34/h7,21-35,43-51H,8-19H2,1-6H3,(H,52,53)/t21-,22-,23+,24+,25+,26+,27+,28-,29+,30+,31-,32+,33-,34-,35+,38-,39-,40+,41+,42-/m0/s1. The molecule has 326 valence electrons. The van der Waals surface area contributed by atoms with Crippen LogP contribution in [0.25, 0.3) is 0 Å². The second-order valence-electron chi connectivity index (χ2n) is 20.7. The number of fused-ring (bicyclic) bond motifs is 7. The molecule has 2 heterocycles. The van der Waals surface area contributed by atoms with Crippen molar-refractivity contribution in [2.45, 2.75) is 173 Å². The van der Waals surface area contributed by atoms with Crippen LogP contribution in [0.2, 0.25) is 0 Å². The van der Waals surface area contributed by atoms with Gasteiger partial charge in [0.2, 0.25) is 0 Å². The molecule has 0 aromatic heterocycles. The van der Waals surface area contributed by atoms with Crippen molar-refractivity contribution in [3.8, 4) is 0 Å². The topological polar surface area (TPSA) is 256 Å². The highest BCUT2D eigenvalue weighted by atomic mass is 16.7. The van der Waals surface area contributed by atoms with E-state index in [4.69, 9.17) is 18.9 Å². The molecule has 2 aliphatic heterocycles. The molecule has 0 spiro atoms. The maximum Gasteiger partial charge on any atom is 0.310 e. The summed E-state index contributed by atoms with van der Waals surface area (Å²) in [6.07, 6.45) is -9.67. The van der Waals surface area contributed by atoms with E-state index in [1.54, 1.807) is 0 Å². The van der Waals surface area contributed by atoms with E-state index in [2.05, 4.69) is 40.7 Å². The number of hydrogen-bond donors (Lipinski definition) is 10. The van der Waals surface area contributed by atoms with Gasteiger partial charge in [0.1, 0.15) is 48.8 Å². The maximum atomic E-state index is 13.1. The molecule has 15 heteroatoms. The minimum absolute atomic E-state index is 0.0383. The zero-order chi connectivity index (χ0) is 41.8. The third kappa shape index (κ3) is 6.43. The Morgan fingerprint density at radius 3 is 1.98 bits per heavy atom. The quantitative estimate of drug-likeness (QED) is 0.120. The number of aliphatic carboxylic acids is 1. The molecule has 0 bridgehead atoms. The summed E-state index contributed by atoms with van der Waals surface area (Å²) in [5.74, 6) is -0.765. The molecule has 2 saturated heterocycles. The molecule has 0 aromatic carbocycles. The molecule has 0 unspecified atom stereocenters. The van der Waals surface area contributed by atoms with E-state index in [1.807, 2.05) is 6.92 Å². The molecule has 4 saturated carbocycles. The summed E-state index contributed by atoms with van der Waals surface area (Å²) in [5.41, 5.74) is -1.40. The maximum absolute atomic E-state index is 13.1. The summed E-state index contributed by atoms with van der Waals surface area (Å²) < 4.78 is 23.5. The molecular formula is C42H68O15. The first kappa shape index (κ1) is 43.8. The fourth-order valence-corrected chi connectivity index (χ4v) is 13.8. The van der Waals surface area contributed by atoms with Crippen LogP contribution in [-0.2, 0) is 23.7 Å². The van der Waals surface area contributed by atoms with Crippen LogP contribution in [0.1, 0.15) is 99.3 Å². The number of hydrogen-bond acceptors (Lipinski definition) is 14. The van der Waals surface area contributed by atoms with Crippen molar-refractivity contribution in [3.05, 3.63) is 11.6 Å². The van der Waals surface area contributed by atoms with Gasteiger partial charge >= 0.3 is 5.97 Å². The van der Waals surface area contributed by atoms with Crippen molar-refractivity contribution in [1.29, 1.82) is 0 Å². The summed E-state index contributed by atoms with van der Waals surface area (Å²) in [7, 11) is 0. The predicted molar refractivity (Wildman–Crippen MR) is 201 cm³/mol. The first-order valence-electron chi connectivity index (χ1n) is 21.1. The zero-order valence-corrected chi connectivity index (χ0v) is 34.2. The van der Waals surface area contributed by atoms with Gasteiger partial charge in [-0.15, -0.1) is 0 Å². The zero-order valence-electron chi connectivity index (χ0n) is 34.2. The van der Waals surface area contributed by atoms with Gasteiger partial charge in [-0.25, -0.2) is 0 Å². The Kier molecular flexibility index (Phi) is 11.5. The van der Waals surface area contributed by atoms with Gasteiger partial charge in [0.05, 0.1) is 37.4 Å². The molecule has 6 fully saturated rings. The molecular weight excluding hydrogens is 744 g/mol. The van der Waals surface area contributed by atoms with Crippen LogP contribution in [0, 0.1) is 50.2 Å². The highest BCUT2D eigenvalue weighted by molar-refractivity contribution is 5.76. The van der Waals surface area contributed by atoms with E-state index in [0.717, 1.165) is 32.1 Å². The van der Waals surface area contributed by atoms with E-state index < -0.39 is 109 Å². The number of carbonyl (C=O) groups is 1. The van der Waals surface area contributed by atoms with Gasteiger partial charge in [-0.3, -0.25) is 4.79 Å². The van der Waals surface area contributed by atoms with E-state index in [9.17, 15) is 55.9 Å². The lowest BCUT2D eigenvalue weighted by atomic mass is 9.33. The lowest BCUT2D eigenvalue weighted by Crippen LogP contribution is -2.70. The van der Waals surface area contributed by atoms with E-state index in [0.29, 0.717) is 25.7 Å². The fourth-order valence-electron chi connectivity index (χ4n) is 13.8. The minimum Gasteiger partial charge on any atom is -0.481 e. The van der Waals surface area contributed by atoms with E-state index in [1.165, 1.54) is 5.57 Å². The van der Waals surface area contributed by atoms with Crippen LogP contribution >= 0.6 is 0 Å². The molecule has 0 amide bonds. The molecule has 57 heavy (non-hydrogen) atoms. The van der Waals surface area contributed by atoms with Crippen LogP contribution in [0.5, 0.6) is 0 Å². The molecule has 0 radical (unpaired) electrons. The number of allylic oxidation sites excluding steroid dienone is 2. The number of aliphatic hydroxyl groups is 9. The van der Waals surface area contributed by atoms with Crippen molar-refractivity contribution < 1.29 is 74.8 Å². The number of rotatable bonds is 8. The van der Waals surface area contributed by atoms with Crippen molar-refractivity contribution in [2.24, 2.45) is 50.2 Å². The average molecular weight is 813 g/mol. The highest BCUT2D eigenvalue weighted by Crippen LogP contribution is 2.76. The minimum atomic E-state index is -1.81. The predicted octanol–water partition coefficient (Wildman–Crippen LogP) is 0.825. The molecule has 20 atom stereocenters. The third-order valence-corrected chi connectivity index (χ3v) is 17.4. The van der Waals surface area contributed by atoms with Crippen LogP contribution in [0.3, 0.4) is 0 Å². The van der Waals surface area contributed by atoms with Gasteiger partial charge < -0.3 is 70.0 Å². The molecule has 10 N–H and O–H groups in total. The Balaban J connectivity index is 1.13. The number of carboxylic acid groups (broad SMARTS) is 1. The molecule has 15 nitrogen and oxygen atoms in total. The lowest BCUT2D eigenvalue weighted by Gasteiger charge is -2.71. The Morgan fingerprint density at radius 1 is 0.737 bits per heavy atom. The molecule has 7 rings (SSSR count). The normalized spacial score (nSPS) is 54.7. The van der Waals surface area contributed by atoms with Gasteiger partial charge in [-0.2, -0.15) is 0 Å². The van der Waals surface area contributed by atoms with Gasteiger partial charge in [0.25, 0.3) is 0 Å². The van der Waals surface area contributed by atoms with Gasteiger partial charge in [0.15, 0.2) is 12.6 Å². The third-order valence-electron chi connectivity index (χ3n) is 17.4. The molecule has 5 aliphatic carbocycles. The first-order valence-corrected chi connectivity index (χ1v) is 21.1. The number of aliphatic hydroxyl groups excluding tert-OH is 9. The van der Waals surface area contributed by atoms with Crippen molar-refractivity contribution in [2.75, 3.05) is 19.8 Å². The summed E-state index contributed by atoms with van der Waals surface area (Å²) in [6, 6.07) is 0. The second kappa shape index (κ2) is 14.9. The highest BCUT2D eigenvalue weighted by Gasteiger charge is 2.71. The Morgan fingerprint density at radius 2 is 1.35 bits per heavy atom. The number of ether oxygens (including phenoxy) is 4.